The highest BCUT2D eigenvalue weighted by atomic mass is 16.4. The number of amides is 1. The van der Waals surface area contributed by atoms with E-state index in [1.165, 1.54) is 10.5 Å². The lowest BCUT2D eigenvalue weighted by molar-refractivity contribution is -0.137. The second kappa shape index (κ2) is 13.4. The van der Waals surface area contributed by atoms with E-state index in [9.17, 15) is 14.7 Å². The van der Waals surface area contributed by atoms with E-state index >= 15 is 0 Å². The molecule has 1 aliphatic rings. The normalized spacial score (nSPS) is 13.6. The van der Waals surface area contributed by atoms with E-state index in [1.807, 2.05) is 56.3 Å². The molecule has 2 heterocycles. The Morgan fingerprint density at radius 1 is 0.881 bits per heavy atom. The maximum atomic E-state index is 13.9. The van der Waals surface area contributed by atoms with Crippen molar-refractivity contribution >= 4 is 17.8 Å². The number of aromatic nitrogens is 2. The maximum absolute atomic E-state index is 13.9. The molecule has 42 heavy (non-hydrogen) atoms. The van der Waals surface area contributed by atoms with Gasteiger partial charge in [0.2, 0.25) is 5.95 Å². The van der Waals surface area contributed by atoms with Crippen LogP contribution in [0.4, 0.5) is 5.95 Å². The zero-order valence-corrected chi connectivity index (χ0v) is 24.4. The second-order valence-electron chi connectivity index (χ2n) is 11.4. The third kappa shape index (κ3) is 7.60. The average molecular weight is 563 g/mol. The molecule has 1 saturated heterocycles. The Kier molecular flexibility index (Phi) is 9.27. The van der Waals surface area contributed by atoms with Gasteiger partial charge in [0, 0.05) is 32.3 Å². The van der Waals surface area contributed by atoms with Gasteiger partial charge in [0.1, 0.15) is 6.54 Å². The summed E-state index contributed by atoms with van der Waals surface area (Å²) in [6.45, 7) is 5.52. The first-order chi connectivity index (χ1) is 20.3. The molecule has 0 spiro atoms. The minimum absolute atomic E-state index is 0.186. The van der Waals surface area contributed by atoms with Crippen LogP contribution in [-0.4, -0.2) is 51.5 Å². The van der Waals surface area contributed by atoms with Crippen molar-refractivity contribution in [3.63, 3.8) is 0 Å². The number of nitrogens with zero attached hydrogens (tertiary/aromatic N) is 4. The molecule has 0 atom stereocenters. The molecular formula is C35H38N4O3. The van der Waals surface area contributed by atoms with Gasteiger partial charge in [-0.05, 0) is 55.7 Å². The van der Waals surface area contributed by atoms with Crippen LogP contribution in [0, 0.1) is 19.8 Å². The molecule has 0 radical (unpaired) electrons. The zero-order valence-electron chi connectivity index (χ0n) is 24.4. The Morgan fingerprint density at radius 3 is 2.29 bits per heavy atom. The number of carbonyl (C=O) groups excluding carboxylic acids is 1. The van der Waals surface area contributed by atoms with Gasteiger partial charge in [-0.2, -0.15) is 0 Å². The predicted octanol–water partition coefficient (Wildman–Crippen LogP) is 5.87. The summed E-state index contributed by atoms with van der Waals surface area (Å²) in [6.07, 6.45) is 5.22. The summed E-state index contributed by atoms with van der Waals surface area (Å²) in [4.78, 5) is 38.8. The first-order valence-electron chi connectivity index (χ1n) is 14.6. The fraction of sp³-hybridized carbons (Fsp3) is 0.314. The summed E-state index contributed by atoms with van der Waals surface area (Å²) in [7, 11) is 0. The summed E-state index contributed by atoms with van der Waals surface area (Å²) in [6, 6.07) is 26.5. The van der Waals surface area contributed by atoms with E-state index in [0.29, 0.717) is 29.5 Å². The minimum Gasteiger partial charge on any atom is -0.480 e. The number of benzene rings is 3. The third-order valence-corrected chi connectivity index (χ3v) is 7.91. The van der Waals surface area contributed by atoms with Crippen molar-refractivity contribution in [3.05, 3.63) is 124 Å². The molecular weight excluding hydrogens is 524 g/mol. The van der Waals surface area contributed by atoms with Gasteiger partial charge >= 0.3 is 5.97 Å². The number of anilines is 1. The lowest BCUT2D eigenvalue weighted by Crippen LogP contribution is -2.37. The zero-order chi connectivity index (χ0) is 29.5. The summed E-state index contributed by atoms with van der Waals surface area (Å²) in [5.41, 5.74) is 6.45. The minimum atomic E-state index is -1.06. The van der Waals surface area contributed by atoms with E-state index in [2.05, 4.69) is 46.3 Å². The smallest absolute Gasteiger partial charge is 0.323 e. The number of rotatable bonds is 10. The first-order valence-corrected chi connectivity index (χ1v) is 14.6. The van der Waals surface area contributed by atoms with Crippen LogP contribution in [0.15, 0.2) is 85.1 Å². The Morgan fingerprint density at radius 2 is 1.60 bits per heavy atom. The Hall–Kier alpha value is -4.52. The van der Waals surface area contributed by atoms with E-state index in [-0.39, 0.29) is 12.5 Å². The van der Waals surface area contributed by atoms with Gasteiger partial charge in [-0.1, -0.05) is 90.0 Å². The van der Waals surface area contributed by atoms with E-state index < -0.39 is 12.5 Å². The van der Waals surface area contributed by atoms with Crippen LogP contribution in [0.3, 0.4) is 0 Å². The summed E-state index contributed by atoms with van der Waals surface area (Å²) < 4.78 is 0. The van der Waals surface area contributed by atoms with E-state index in [4.69, 9.17) is 4.98 Å². The van der Waals surface area contributed by atoms with Crippen molar-refractivity contribution in [2.45, 2.75) is 46.1 Å². The number of carboxylic acids is 1. The van der Waals surface area contributed by atoms with Crippen LogP contribution in [0.1, 0.15) is 56.7 Å². The SMILES string of the molecule is Cc1ccc(CN(CC(=O)O)C(=O)c2cnc(N3CCC(Cc4ccccc4)CC3)nc2Cc2cccc(C)c2)cc1. The van der Waals surface area contributed by atoms with Gasteiger partial charge in [-0.3, -0.25) is 9.59 Å². The third-order valence-electron chi connectivity index (χ3n) is 7.91. The standard InChI is InChI=1S/C35H38N4O3/c1-25-11-13-29(14-12-25)23-39(24-33(40)41)34(42)31-22-36-35(37-32(31)21-30-10-6-7-26(2)19-30)38-17-15-28(16-18-38)20-27-8-4-3-5-9-27/h3-14,19,22,28H,15-18,20-21,23-24H2,1-2H3,(H,40,41). The molecule has 0 aliphatic carbocycles. The van der Waals surface area contributed by atoms with Crippen LogP contribution in [-0.2, 0) is 24.2 Å². The molecule has 0 saturated carbocycles. The van der Waals surface area contributed by atoms with Gasteiger partial charge < -0.3 is 14.9 Å². The molecule has 1 N–H and O–H groups in total. The van der Waals surface area contributed by atoms with Crippen LogP contribution >= 0.6 is 0 Å². The predicted molar refractivity (Wildman–Crippen MR) is 165 cm³/mol. The fourth-order valence-corrected chi connectivity index (χ4v) is 5.62. The van der Waals surface area contributed by atoms with Gasteiger partial charge in [0.25, 0.3) is 5.91 Å². The lowest BCUT2D eigenvalue weighted by atomic mass is 9.90. The number of aliphatic carboxylic acids is 1. The van der Waals surface area contributed by atoms with Crippen molar-refractivity contribution in [2.24, 2.45) is 5.92 Å². The summed E-state index contributed by atoms with van der Waals surface area (Å²) in [5.74, 6) is -0.210. The summed E-state index contributed by atoms with van der Waals surface area (Å²) >= 11 is 0. The van der Waals surface area contributed by atoms with Crippen molar-refractivity contribution in [1.82, 2.24) is 14.9 Å². The van der Waals surface area contributed by atoms with Crippen LogP contribution in [0.2, 0.25) is 0 Å². The van der Waals surface area contributed by atoms with Crippen molar-refractivity contribution in [2.75, 3.05) is 24.5 Å². The number of carboxylic acid groups (broad SMARTS) is 1. The van der Waals surface area contributed by atoms with Crippen LogP contribution < -0.4 is 4.90 Å². The van der Waals surface area contributed by atoms with Crippen LogP contribution in [0.5, 0.6) is 0 Å². The van der Waals surface area contributed by atoms with Gasteiger partial charge in [0.15, 0.2) is 0 Å². The molecule has 7 heteroatoms. The molecule has 0 bridgehead atoms. The lowest BCUT2D eigenvalue weighted by Gasteiger charge is -2.32. The topological polar surface area (TPSA) is 86.6 Å². The maximum Gasteiger partial charge on any atom is 0.323 e. The van der Waals surface area contributed by atoms with Gasteiger partial charge in [-0.25, -0.2) is 9.97 Å². The molecule has 5 rings (SSSR count). The molecule has 7 nitrogen and oxygen atoms in total. The highest BCUT2D eigenvalue weighted by Gasteiger charge is 2.26. The van der Waals surface area contributed by atoms with Gasteiger partial charge in [0.05, 0.1) is 11.3 Å². The highest BCUT2D eigenvalue weighted by Crippen LogP contribution is 2.26. The Balaban J connectivity index is 1.39. The van der Waals surface area contributed by atoms with E-state index in [0.717, 1.165) is 54.6 Å². The number of hydrogen-bond acceptors (Lipinski definition) is 5. The molecule has 3 aromatic carbocycles. The molecule has 1 aliphatic heterocycles. The largest absolute Gasteiger partial charge is 0.480 e. The van der Waals surface area contributed by atoms with Crippen molar-refractivity contribution in [3.8, 4) is 0 Å². The second-order valence-corrected chi connectivity index (χ2v) is 11.4. The number of piperidine rings is 1. The van der Waals surface area contributed by atoms with Crippen molar-refractivity contribution < 1.29 is 14.7 Å². The van der Waals surface area contributed by atoms with E-state index in [1.54, 1.807) is 6.20 Å². The highest BCUT2D eigenvalue weighted by molar-refractivity contribution is 5.96. The molecule has 216 valence electrons. The van der Waals surface area contributed by atoms with Crippen LogP contribution in [0.25, 0.3) is 0 Å². The fourth-order valence-electron chi connectivity index (χ4n) is 5.62. The first kappa shape index (κ1) is 29.0. The monoisotopic (exact) mass is 562 g/mol. The Bertz CT molecular complexity index is 1510. The number of carbonyl (C=O) groups is 2. The average Bonchev–Trinajstić information content (AvgIpc) is 2.98. The molecule has 4 aromatic rings. The summed E-state index contributed by atoms with van der Waals surface area (Å²) in [5, 5.41) is 9.63. The molecule has 1 fully saturated rings. The number of hydrogen-bond donors (Lipinski definition) is 1. The molecule has 1 aromatic heterocycles. The Labute approximate surface area is 247 Å². The molecule has 1 amide bonds. The number of aryl methyl sites for hydroxylation is 2. The van der Waals surface area contributed by atoms with Gasteiger partial charge in [-0.15, -0.1) is 0 Å². The quantitative estimate of drug-likeness (QED) is 0.260. The van der Waals surface area contributed by atoms with Crippen molar-refractivity contribution in [1.29, 1.82) is 0 Å². The molecule has 0 unspecified atom stereocenters.